The molecule has 0 aliphatic rings. The zero-order chi connectivity index (χ0) is 38.9. The summed E-state index contributed by atoms with van der Waals surface area (Å²) in [5.41, 5.74) is 5.49. The second-order valence-electron chi connectivity index (χ2n) is 15.5. The van der Waals surface area contributed by atoms with Gasteiger partial charge in [0, 0.05) is 12.8 Å². The highest BCUT2D eigenvalue weighted by molar-refractivity contribution is 5.83. The third kappa shape index (κ3) is 37.9. The highest BCUT2D eigenvalue weighted by Gasteiger charge is 2.19. The number of carboxylic acids is 1. The van der Waals surface area contributed by atoms with Crippen LogP contribution in [0.25, 0.3) is 0 Å². The van der Waals surface area contributed by atoms with E-state index in [1.807, 2.05) is 0 Å². The van der Waals surface area contributed by atoms with Crippen LogP contribution < -0.4 is 11.1 Å². The number of nitrogens with two attached hydrogens (primary N) is 1. The lowest BCUT2D eigenvalue weighted by molar-refractivity contribution is -0.150. The quantitative estimate of drug-likeness (QED) is 0.0325. The van der Waals surface area contributed by atoms with Crippen LogP contribution in [0.5, 0.6) is 0 Å². The van der Waals surface area contributed by atoms with Gasteiger partial charge < -0.3 is 20.9 Å². The number of amides is 1. The van der Waals surface area contributed by atoms with Crippen LogP contribution in [0.4, 0.5) is 0 Å². The van der Waals surface area contributed by atoms with Crippen molar-refractivity contribution in [2.45, 2.75) is 244 Å². The Balaban J connectivity index is 4.37. The predicted molar refractivity (Wildman–Crippen MR) is 225 cm³/mol. The monoisotopic (exact) mass is 747 g/mol. The van der Waals surface area contributed by atoms with E-state index in [0.717, 1.165) is 77.0 Å². The number of rotatable bonds is 41. The number of carbonyl (C=O) groups excluding carboxylic acids is 2. The number of allylic oxidation sites excluding steroid dienone is 4. The molecule has 0 aromatic carbocycles. The van der Waals surface area contributed by atoms with Gasteiger partial charge in [-0.2, -0.15) is 0 Å². The molecule has 0 rings (SSSR count). The van der Waals surface area contributed by atoms with Crippen molar-refractivity contribution in [2.24, 2.45) is 5.73 Å². The average Bonchev–Trinajstić information content (AvgIpc) is 3.14. The molecule has 53 heavy (non-hydrogen) atoms. The highest BCUT2D eigenvalue weighted by atomic mass is 16.5. The Labute approximate surface area is 327 Å². The van der Waals surface area contributed by atoms with Gasteiger partial charge in [0.15, 0.2) is 0 Å². The molecular formula is C46H86N2O5. The molecule has 0 aromatic rings. The first-order chi connectivity index (χ1) is 25.9. The highest BCUT2D eigenvalue weighted by Crippen LogP contribution is 2.18. The van der Waals surface area contributed by atoms with E-state index in [2.05, 4.69) is 43.5 Å². The number of ether oxygens (including phenoxy) is 1. The fourth-order valence-electron chi connectivity index (χ4n) is 6.84. The van der Waals surface area contributed by atoms with E-state index < -0.39 is 12.0 Å². The summed E-state index contributed by atoms with van der Waals surface area (Å²) in [6.07, 6.45) is 46.5. The predicted octanol–water partition coefficient (Wildman–Crippen LogP) is 12.8. The molecule has 0 aliphatic heterocycles. The number of unbranched alkanes of at least 4 members (excludes halogenated alkanes) is 23. The third-order valence-corrected chi connectivity index (χ3v) is 10.3. The second-order valence-corrected chi connectivity index (χ2v) is 15.5. The average molecular weight is 747 g/mol. The Hall–Kier alpha value is -2.15. The van der Waals surface area contributed by atoms with Crippen molar-refractivity contribution in [3.8, 4) is 0 Å². The van der Waals surface area contributed by atoms with Gasteiger partial charge in [-0.1, -0.05) is 167 Å². The smallest absolute Gasteiger partial charge is 0.326 e. The maximum atomic E-state index is 12.8. The summed E-state index contributed by atoms with van der Waals surface area (Å²) in [6.45, 7) is 4.94. The fraction of sp³-hybridized carbons (Fsp3) is 0.848. The van der Waals surface area contributed by atoms with E-state index in [1.54, 1.807) is 0 Å². The van der Waals surface area contributed by atoms with E-state index >= 15 is 0 Å². The van der Waals surface area contributed by atoms with Crippen LogP contribution in [0.15, 0.2) is 24.3 Å². The summed E-state index contributed by atoms with van der Waals surface area (Å²) in [4.78, 5) is 36.4. The number of hydrogen-bond donors (Lipinski definition) is 3. The number of esters is 1. The molecule has 2 unspecified atom stereocenters. The van der Waals surface area contributed by atoms with Gasteiger partial charge in [0.05, 0.1) is 0 Å². The lowest BCUT2D eigenvalue weighted by atomic mass is 10.0. The van der Waals surface area contributed by atoms with Crippen molar-refractivity contribution < 1.29 is 24.2 Å². The van der Waals surface area contributed by atoms with Gasteiger partial charge in [0.25, 0.3) is 0 Å². The van der Waals surface area contributed by atoms with E-state index in [0.29, 0.717) is 32.2 Å². The minimum absolute atomic E-state index is 0.0256. The maximum absolute atomic E-state index is 12.8. The zero-order valence-corrected chi connectivity index (χ0v) is 34.9. The van der Waals surface area contributed by atoms with Gasteiger partial charge in [0.2, 0.25) is 5.91 Å². The van der Waals surface area contributed by atoms with Crippen LogP contribution in [0.3, 0.4) is 0 Å². The minimum Gasteiger partial charge on any atom is -0.480 e. The Morgan fingerprint density at radius 2 is 1.00 bits per heavy atom. The van der Waals surface area contributed by atoms with E-state index in [-0.39, 0.29) is 18.0 Å². The van der Waals surface area contributed by atoms with Crippen molar-refractivity contribution in [2.75, 3.05) is 6.54 Å². The minimum atomic E-state index is -1.01. The van der Waals surface area contributed by atoms with Gasteiger partial charge in [-0.25, -0.2) is 4.79 Å². The molecule has 0 spiro atoms. The maximum Gasteiger partial charge on any atom is 0.326 e. The molecule has 0 radical (unpaired) electrons. The largest absolute Gasteiger partial charge is 0.480 e. The molecule has 0 aliphatic carbocycles. The Bertz CT molecular complexity index is 889. The Morgan fingerprint density at radius 1 is 0.547 bits per heavy atom. The number of carboxylic acid groups (broad SMARTS) is 1. The SMILES string of the molecule is CCCCCCC/C=C\C/C=C\CCCC(CCCCCCCC(=O)NC(CCCN)C(=O)O)OC(=O)CCCCCCCCCCCCCCCC. The standard InChI is InChI=1S/C46H86N2O5/c1-3-5-7-9-11-13-15-17-19-21-23-25-30-34-40-45(50)53-42(36-31-27-24-22-20-18-16-14-12-10-8-6-4-2)37-32-28-26-29-33-39-44(49)48-43(46(51)52)38-35-41-47/h16,18,22,24,42-43H,3-15,17,19-21,23,25-41,47H2,1-2H3,(H,48,49)(H,51,52)/b18-16-,24-22-. The van der Waals surface area contributed by atoms with E-state index in [1.165, 1.54) is 116 Å². The molecule has 7 nitrogen and oxygen atoms in total. The van der Waals surface area contributed by atoms with Gasteiger partial charge in [-0.3, -0.25) is 9.59 Å². The molecule has 7 heteroatoms. The topological polar surface area (TPSA) is 119 Å². The van der Waals surface area contributed by atoms with Crippen LogP contribution in [-0.4, -0.2) is 41.6 Å². The van der Waals surface area contributed by atoms with Gasteiger partial charge in [0.1, 0.15) is 12.1 Å². The van der Waals surface area contributed by atoms with Crippen molar-refractivity contribution in [1.82, 2.24) is 5.32 Å². The lowest BCUT2D eigenvalue weighted by Gasteiger charge is -2.18. The van der Waals surface area contributed by atoms with E-state index in [4.69, 9.17) is 10.5 Å². The van der Waals surface area contributed by atoms with Crippen LogP contribution >= 0.6 is 0 Å². The summed E-state index contributed by atoms with van der Waals surface area (Å²) in [5, 5.41) is 11.9. The molecular weight excluding hydrogens is 661 g/mol. The molecule has 310 valence electrons. The molecule has 4 N–H and O–H groups in total. The van der Waals surface area contributed by atoms with Crippen LogP contribution in [0, 0.1) is 0 Å². The first kappa shape index (κ1) is 50.9. The number of hydrogen-bond acceptors (Lipinski definition) is 5. The summed E-state index contributed by atoms with van der Waals surface area (Å²) in [5.74, 6) is -1.25. The van der Waals surface area contributed by atoms with Crippen molar-refractivity contribution in [3.63, 3.8) is 0 Å². The molecule has 0 bridgehead atoms. The molecule has 0 fully saturated rings. The van der Waals surface area contributed by atoms with Crippen molar-refractivity contribution in [1.29, 1.82) is 0 Å². The van der Waals surface area contributed by atoms with Crippen molar-refractivity contribution in [3.05, 3.63) is 24.3 Å². The lowest BCUT2D eigenvalue weighted by Crippen LogP contribution is -2.40. The van der Waals surface area contributed by atoms with Crippen LogP contribution in [0.1, 0.15) is 232 Å². The summed E-state index contributed by atoms with van der Waals surface area (Å²) in [7, 11) is 0. The zero-order valence-electron chi connectivity index (χ0n) is 34.9. The normalized spacial score (nSPS) is 12.8. The molecule has 0 heterocycles. The third-order valence-electron chi connectivity index (χ3n) is 10.3. The molecule has 1 amide bonds. The van der Waals surface area contributed by atoms with Crippen LogP contribution in [-0.2, 0) is 19.1 Å². The van der Waals surface area contributed by atoms with Gasteiger partial charge in [-0.05, 0) is 83.6 Å². The number of nitrogens with one attached hydrogen (secondary N) is 1. The van der Waals surface area contributed by atoms with Gasteiger partial charge in [-0.15, -0.1) is 0 Å². The number of aliphatic carboxylic acids is 1. The molecule has 0 aromatic heterocycles. The van der Waals surface area contributed by atoms with E-state index in [9.17, 15) is 19.5 Å². The first-order valence-electron chi connectivity index (χ1n) is 22.7. The summed E-state index contributed by atoms with van der Waals surface area (Å²) in [6, 6.07) is -0.859. The number of carbonyl (C=O) groups is 3. The molecule has 0 saturated heterocycles. The summed E-state index contributed by atoms with van der Waals surface area (Å²) < 4.78 is 6.03. The van der Waals surface area contributed by atoms with Crippen molar-refractivity contribution >= 4 is 17.8 Å². The first-order valence-corrected chi connectivity index (χ1v) is 22.7. The Morgan fingerprint density at radius 3 is 1.53 bits per heavy atom. The summed E-state index contributed by atoms with van der Waals surface area (Å²) >= 11 is 0. The molecule has 2 atom stereocenters. The Kier molecular flexibility index (Phi) is 39.4. The molecule has 0 saturated carbocycles. The second kappa shape index (κ2) is 41.0. The van der Waals surface area contributed by atoms with Crippen LogP contribution in [0.2, 0.25) is 0 Å². The van der Waals surface area contributed by atoms with Gasteiger partial charge >= 0.3 is 11.9 Å². The fourth-order valence-corrected chi connectivity index (χ4v) is 6.84.